The lowest BCUT2D eigenvalue weighted by atomic mass is 10.5. The zero-order valence-electron chi connectivity index (χ0n) is 4.87. The number of hydrogen-bond donors (Lipinski definition) is 1. The summed E-state index contributed by atoms with van der Waals surface area (Å²) in [6.45, 7) is 0. The molecule has 0 aromatic carbocycles. The van der Waals surface area contributed by atoms with Gasteiger partial charge in [0, 0.05) is 0 Å². The van der Waals surface area contributed by atoms with E-state index in [2.05, 4.69) is 9.97 Å². The highest BCUT2D eigenvalue weighted by atomic mass is 19.1. The van der Waals surface area contributed by atoms with E-state index in [-0.39, 0.29) is 11.5 Å². The van der Waals surface area contributed by atoms with Crippen molar-refractivity contribution >= 4 is 5.82 Å². The topological polar surface area (TPSA) is 75.6 Å². The molecule has 4 nitrogen and oxygen atoms in total. The number of nitriles is 1. The Labute approximate surface area is 56.1 Å². The van der Waals surface area contributed by atoms with Gasteiger partial charge in [-0.15, -0.1) is 0 Å². The number of rotatable bonds is 0. The zero-order valence-corrected chi connectivity index (χ0v) is 4.87. The maximum absolute atomic E-state index is 12.3. The van der Waals surface area contributed by atoms with E-state index in [1.165, 1.54) is 6.07 Å². The van der Waals surface area contributed by atoms with Crippen molar-refractivity contribution in [2.45, 2.75) is 0 Å². The fourth-order valence-electron chi connectivity index (χ4n) is 0.459. The highest BCUT2D eigenvalue weighted by Crippen LogP contribution is 2.00. The molecule has 5 heteroatoms. The van der Waals surface area contributed by atoms with E-state index in [4.69, 9.17) is 11.0 Å². The SMILES string of the molecule is N#Cc1nc(N)cnc1F. The molecule has 1 heterocycles. The molecule has 0 bridgehead atoms. The molecule has 0 radical (unpaired) electrons. The Morgan fingerprint density at radius 2 is 2.40 bits per heavy atom. The van der Waals surface area contributed by atoms with Gasteiger partial charge >= 0.3 is 0 Å². The van der Waals surface area contributed by atoms with Crippen LogP contribution < -0.4 is 5.73 Å². The summed E-state index contributed by atoms with van der Waals surface area (Å²) in [4.78, 5) is 6.54. The standard InChI is InChI=1S/C5H3FN4/c6-5-3(1-7)10-4(8)2-9-5/h2H,(H2,8,10). The minimum atomic E-state index is -0.892. The normalized spacial score (nSPS) is 8.80. The molecule has 0 atom stereocenters. The lowest BCUT2D eigenvalue weighted by molar-refractivity contribution is 0.572. The molecule has 2 N–H and O–H groups in total. The number of anilines is 1. The number of hydrogen-bond acceptors (Lipinski definition) is 4. The molecule has 50 valence electrons. The van der Waals surface area contributed by atoms with Gasteiger partial charge in [0.1, 0.15) is 11.9 Å². The Bertz CT molecular complexity index is 290. The second-order valence-corrected chi connectivity index (χ2v) is 1.55. The monoisotopic (exact) mass is 138 g/mol. The van der Waals surface area contributed by atoms with Crippen molar-refractivity contribution in [3.8, 4) is 6.07 Å². The predicted molar refractivity (Wildman–Crippen MR) is 31.1 cm³/mol. The van der Waals surface area contributed by atoms with Crippen LogP contribution in [0.2, 0.25) is 0 Å². The summed E-state index contributed by atoms with van der Waals surface area (Å²) in [5.74, 6) is -0.852. The summed E-state index contributed by atoms with van der Waals surface area (Å²) in [5, 5.41) is 8.19. The first-order valence-corrected chi connectivity index (χ1v) is 2.42. The van der Waals surface area contributed by atoms with Crippen LogP contribution in [0, 0.1) is 17.3 Å². The van der Waals surface area contributed by atoms with E-state index in [1.807, 2.05) is 0 Å². The van der Waals surface area contributed by atoms with Crippen LogP contribution in [0.4, 0.5) is 10.2 Å². The molecule has 0 aliphatic heterocycles. The summed E-state index contributed by atoms with van der Waals surface area (Å²) in [7, 11) is 0. The van der Waals surface area contributed by atoms with Crippen LogP contribution in [0.15, 0.2) is 6.20 Å². The van der Waals surface area contributed by atoms with Crippen molar-refractivity contribution in [1.29, 1.82) is 5.26 Å². The summed E-state index contributed by atoms with van der Waals surface area (Å²) < 4.78 is 12.3. The third kappa shape index (κ3) is 1.00. The van der Waals surface area contributed by atoms with Crippen LogP contribution >= 0.6 is 0 Å². The zero-order chi connectivity index (χ0) is 7.56. The first-order chi connectivity index (χ1) is 4.74. The third-order valence-corrected chi connectivity index (χ3v) is 0.852. The van der Waals surface area contributed by atoms with Gasteiger partial charge in [-0.3, -0.25) is 0 Å². The summed E-state index contributed by atoms with van der Waals surface area (Å²) in [6.07, 6.45) is 1.05. The molecule has 1 aromatic heterocycles. The molecule has 0 amide bonds. The van der Waals surface area contributed by atoms with Crippen molar-refractivity contribution in [1.82, 2.24) is 9.97 Å². The Morgan fingerprint density at radius 3 is 2.90 bits per heavy atom. The van der Waals surface area contributed by atoms with Gasteiger partial charge in [0.2, 0.25) is 5.95 Å². The Hall–Kier alpha value is -1.70. The minimum absolute atomic E-state index is 0.0398. The number of nitrogens with two attached hydrogens (primary N) is 1. The summed E-state index contributed by atoms with van der Waals surface area (Å²) in [6, 6.07) is 1.51. The van der Waals surface area contributed by atoms with Crippen molar-refractivity contribution in [2.75, 3.05) is 5.73 Å². The van der Waals surface area contributed by atoms with E-state index >= 15 is 0 Å². The minimum Gasteiger partial charge on any atom is -0.382 e. The number of halogens is 1. The molecule has 10 heavy (non-hydrogen) atoms. The highest BCUT2D eigenvalue weighted by Gasteiger charge is 2.02. The number of nitrogens with zero attached hydrogens (tertiary/aromatic N) is 3. The van der Waals surface area contributed by atoms with Gasteiger partial charge in [0.25, 0.3) is 0 Å². The molecule has 1 rings (SSSR count). The van der Waals surface area contributed by atoms with Crippen LogP contribution in [0.5, 0.6) is 0 Å². The number of aromatic nitrogens is 2. The van der Waals surface area contributed by atoms with Crippen LogP contribution in [-0.2, 0) is 0 Å². The van der Waals surface area contributed by atoms with E-state index in [9.17, 15) is 4.39 Å². The van der Waals surface area contributed by atoms with Crippen molar-refractivity contribution in [3.63, 3.8) is 0 Å². The Kier molecular flexibility index (Phi) is 1.46. The van der Waals surface area contributed by atoms with E-state index in [0.717, 1.165) is 6.20 Å². The maximum Gasteiger partial charge on any atom is 0.249 e. The second kappa shape index (κ2) is 2.27. The summed E-state index contributed by atoms with van der Waals surface area (Å²) >= 11 is 0. The highest BCUT2D eigenvalue weighted by molar-refractivity contribution is 5.29. The third-order valence-electron chi connectivity index (χ3n) is 0.852. The van der Waals surface area contributed by atoms with Crippen LogP contribution in [0.1, 0.15) is 5.69 Å². The lowest BCUT2D eigenvalue weighted by Gasteiger charge is -1.91. The quantitative estimate of drug-likeness (QED) is 0.550. The molecular weight excluding hydrogens is 135 g/mol. The lowest BCUT2D eigenvalue weighted by Crippen LogP contribution is -1.98. The predicted octanol–water partition coefficient (Wildman–Crippen LogP) is 0.0696. The van der Waals surface area contributed by atoms with Gasteiger partial charge in [0.15, 0.2) is 5.69 Å². The second-order valence-electron chi connectivity index (χ2n) is 1.55. The first kappa shape index (κ1) is 6.42. The van der Waals surface area contributed by atoms with E-state index in [1.54, 1.807) is 0 Å². The molecule has 0 fully saturated rings. The molecule has 0 spiro atoms. The van der Waals surface area contributed by atoms with E-state index < -0.39 is 5.95 Å². The van der Waals surface area contributed by atoms with Gasteiger partial charge in [-0.05, 0) is 0 Å². The molecule has 0 unspecified atom stereocenters. The smallest absolute Gasteiger partial charge is 0.249 e. The van der Waals surface area contributed by atoms with Gasteiger partial charge < -0.3 is 5.73 Å². The molecule has 0 aliphatic carbocycles. The molecule has 0 saturated heterocycles. The first-order valence-electron chi connectivity index (χ1n) is 2.42. The molecule has 0 saturated carbocycles. The van der Waals surface area contributed by atoms with Crippen LogP contribution in [0.25, 0.3) is 0 Å². The Morgan fingerprint density at radius 1 is 1.70 bits per heavy atom. The summed E-state index contributed by atoms with van der Waals surface area (Å²) in [5.41, 5.74) is 4.74. The van der Waals surface area contributed by atoms with Gasteiger partial charge in [0.05, 0.1) is 6.20 Å². The largest absolute Gasteiger partial charge is 0.382 e. The van der Waals surface area contributed by atoms with Gasteiger partial charge in [-0.25, -0.2) is 9.97 Å². The van der Waals surface area contributed by atoms with E-state index in [0.29, 0.717) is 0 Å². The fraction of sp³-hybridized carbons (Fsp3) is 0. The van der Waals surface area contributed by atoms with Crippen LogP contribution in [-0.4, -0.2) is 9.97 Å². The maximum atomic E-state index is 12.3. The van der Waals surface area contributed by atoms with Crippen LogP contribution in [0.3, 0.4) is 0 Å². The number of nitrogen functional groups attached to an aromatic ring is 1. The average molecular weight is 138 g/mol. The van der Waals surface area contributed by atoms with Gasteiger partial charge in [-0.2, -0.15) is 9.65 Å². The van der Waals surface area contributed by atoms with Crippen molar-refractivity contribution in [2.24, 2.45) is 0 Å². The van der Waals surface area contributed by atoms with Crippen molar-refractivity contribution in [3.05, 3.63) is 17.8 Å². The van der Waals surface area contributed by atoms with Crippen molar-refractivity contribution < 1.29 is 4.39 Å². The van der Waals surface area contributed by atoms with Gasteiger partial charge in [-0.1, -0.05) is 0 Å². The fourth-order valence-corrected chi connectivity index (χ4v) is 0.459. The Balaban J connectivity index is 3.25. The molecular formula is C5H3FN4. The average Bonchev–Trinajstić information content (AvgIpc) is 1.94. The molecule has 1 aromatic rings. The molecule has 0 aliphatic rings.